The molecule has 1 aliphatic rings. The van der Waals surface area contributed by atoms with Crippen LogP contribution in [0.15, 0.2) is 24.3 Å². The minimum atomic E-state index is -4.41. The normalized spacial score (nSPS) is 16.4. The molecule has 4 N–H and O–H groups in total. The lowest BCUT2D eigenvalue weighted by atomic mass is 10.1. The maximum Gasteiger partial charge on any atom is 0.416 e. The molecule has 1 heterocycles. The molecule has 1 fully saturated rings. The number of halogens is 3. The minimum Gasteiger partial charge on any atom is -0.369 e. The molecule has 2 rings (SSSR count). The van der Waals surface area contributed by atoms with Crippen molar-refractivity contribution in [3.8, 4) is 0 Å². The SMILES string of the molecule is NC(=O)CN1CCC(NC(=O)NCc2cccc(C(F)(F)F)c2)CC1. The van der Waals surface area contributed by atoms with Gasteiger partial charge in [0, 0.05) is 25.7 Å². The molecule has 1 aliphatic heterocycles. The molecule has 0 aromatic heterocycles. The van der Waals surface area contributed by atoms with Crippen LogP contribution in [0.5, 0.6) is 0 Å². The van der Waals surface area contributed by atoms with Crippen molar-refractivity contribution < 1.29 is 22.8 Å². The summed E-state index contributed by atoms with van der Waals surface area (Å²) in [6.45, 7) is 1.52. The molecular formula is C16H21F3N4O2. The first kappa shape index (κ1) is 19.0. The smallest absolute Gasteiger partial charge is 0.369 e. The fourth-order valence-corrected chi connectivity index (χ4v) is 2.73. The number of hydrogen-bond acceptors (Lipinski definition) is 3. The van der Waals surface area contributed by atoms with E-state index in [1.165, 1.54) is 12.1 Å². The van der Waals surface area contributed by atoms with Gasteiger partial charge in [0.25, 0.3) is 0 Å². The van der Waals surface area contributed by atoms with Crippen LogP contribution in [0.1, 0.15) is 24.0 Å². The van der Waals surface area contributed by atoms with Crippen LogP contribution >= 0.6 is 0 Å². The number of primary amides is 1. The Morgan fingerprint density at radius 1 is 1.24 bits per heavy atom. The largest absolute Gasteiger partial charge is 0.416 e. The first-order valence-corrected chi connectivity index (χ1v) is 7.95. The van der Waals surface area contributed by atoms with E-state index in [9.17, 15) is 22.8 Å². The fraction of sp³-hybridized carbons (Fsp3) is 0.500. The zero-order valence-corrected chi connectivity index (χ0v) is 13.6. The summed E-state index contributed by atoms with van der Waals surface area (Å²) in [5.41, 5.74) is 4.77. The first-order chi connectivity index (χ1) is 11.7. The van der Waals surface area contributed by atoms with E-state index in [0.717, 1.165) is 12.1 Å². The van der Waals surface area contributed by atoms with E-state index in [4.69, 9.17) is 5.73 Å². The van der Waals surface area contributed by atoms with Crippen LogP contribution in [0.3, 0.4) is 0 Å². The Labute approximate surface area is 143 Å². The van der Waals surface area contributed by atoms with E-state index in [0.29, 0.717) is 31.5 Å². The van der Waals surface area contributed by atoms with Crippen molar-refractivity contribution >= 4 is 11.9 Å². The van der Waals surface area contributed by atoms with Crippen molar-refractivity contribution in [1.29, 1.82) is 0 Å². The molecule has 138 valence electrons. The molecule has 0 radical (unpaired) electrons. The van der Waals surface area contributed by atoms with E-state index < -0.39 is 17.8 Å². The van der Waals surface area contributed by atoms with Crippen molar-refractivity contribution in [3.05, 3.63) is 35.4 Å². The highest BCUT2D eigenvalue weighted by atomic mass is 19.4. The van der Waals surface area contributed by atoms with Gasteiger partial charge in [-0.3, -0.25) is 9.69 Å². The maximum absolute atomic E-state index is 12.7. The highest BCUT2D eigenvalue weighted by Gasteiger charge is 2.30. The molecule has 6 nitrogen and oxygen atoms in total. The highest BCUT2D eigenvalue weighted by molar-refractivity contribution is 5.76. The molecule has 1 aromatic carbocycles. The van der Waals surface area contributed by atoms with Crippen LogP contribution < -0.4 is 16.4 Å². The highest BCUT2D eigenvalue weighted by Crippen LogP contribution is 2.29. The maximum atomic E-state index is 12.7. The van der Waals surface area contributed by atoms with Gasteiger partial charge in [-0.05, 0) is 30.5 Å². The van der Waals surface area contributed by atoms with Crippen LogP contribution in [0.2, 0.25) is 0 Å². The average molecular weight is 358 g/mol. The number of urea groups is 1. The Morgan fingerprint density at radius 2 is 1.92 bits per heavy atom. The van der Waals surface area contributed by atoms with E-state index in [-0.39, 0.29) is 25.0 Å². The summed E-state index contributed by atoms with van der Waals surface area (Å²) in [5.74, 6) is -0.384. The van der Waals surface area contributed by atoms with Crippen molar-refractivity contribution in [2.45, 2.75) is 31.6 Å². The monoisotopic (exact) mass is 358 g/mol. The number of carbonyl (C=O) groups is 2. The number of nitrogens with one attached hydrogen (secondary N) is 2. The van der Waals surface area contributed by atoms with Gasteiger partial charge in [-0.25, -0.2) is 4.79 Å². The van der Waals surface area contributed by atoms with Gasteiger partial charge in [-0.15, -0.1) is 0 Å². The summed E-state index contributed by atoms with van der Waals surface area (Å²) in [6, 6.07) is 4.38. The number of benzene rings is 1. The molecule has 0 atom stereocenters. The Balaban J connectivity index is 1.75. The molecule has 1 aromatic rings. The zero-order valence-electron chi connectivity index (χ0n) is 13.6. The van der Waals surface area contributed by atoms with Gasteiger partial charge in [0.15, 0.2) is 0 Å². The van der Waals surface area contributed by atoms with Gasteiger partial charge in [0.2, 0.25) is 5.91 Å². The summed E-state index contributed by atoms with van der Waals surface area (Å²) in [5, 5.41) is 5.36. The summed E-state index contributed by atoms with van der Waals surface area (Å²) < 4.78 is 38.0. The van der Waals surface area contributed by atoms with Crippen LogP contribution in [-0.4, -0.2) is 42.5 Å². The Hall–Kier alpha value is -2.29. The standard InChI is InChI=1S/C16H21F3N4O2/c17-16(18,19)12-3-1-2-11(8-12)9-21-15(25)22-13-4-6-23(7-5-13)10-14(20)24/h1-3,8,13H,4-7,9-10H2,(H2,20,24)(H2,21,22,25). The summed E-state index contributed by atoms with van der Waals surface area (Å²) in [4.78, 5) is 24.7. The van der Waals surface area contributed by atoms with Crippen LogP contribution in [0.4, 0.5) is 18.0 Å². The number of likely N-dealkylation sites (tertiary alicyclic amines) is 1. The topological polar surface area (TPSA) is 87.5 Å². The third kappa shape index (κ3) is 6.26. The number of alkyl halides is 3. The van der Waals surface area contributed by atoms with Gasteiger partial charge in [-0.1, -0.05) is 12.1 Å². The Morgan fingerprint density at radius 3 is 2.52 bits per heavy atom. The molecular weight excluding hydrogens is 337 g/mol. The van der Waals surface area contributed by atoms with Crippen LogP contribution in [-0.2, 0) is 17.5 Å². The Bertz CT molecular complexity index is 614. The summed E-state index contributed by atoms with van der Waals surface area (Å²) in [6.07, 6.45) is -3.04. The van der Waals surface area contributed by atoms with Crippen molar-refractivity contribution in [2.24, 2.45) is 5.73 Å². The van der Waals surface area contributed by atoms with Gasteiger partial charge in [0.05, 0.1) is 12.1 Å². The molecule has 0 aliphatic carbocycles. The van der Waals surface area contributed by atoms with Crippen molar-refractivity contribution in [2.75, 3.05) is 19.6 Å². The predicted molar refractivity (Wildman–Crippen MR) is 85.5 cm³/mol. The molecule has 9 heteroatoms. The number of hydrogen-bond donors (Lipinski definition) is 3. The van der Waals surface area contributed by atoms with E-state index in [1.54, 1.807) is 0 Å². The van der Waals surface area contributed by atoms with E-state index in [1.807, 2.05) is 4.90 Å². The summed E-state index contributed by atoms with van der Waals surface area (Å²) in [7, 11) is 0. The van der Waals surface area contributed by atoms with Crippen LogP contribution in [0, 0.1) is 0 Å². The molecule has 1 saturated heterocycles. The predicted octanol–water partition coefficient (Wildman–Crippen LogP) is 1.45. The minimum absolute atomic E-state index is 0.0102. The van der Waals surface area contributed by atoms with Gasteiger partial charge in [0.1, 0.15) is 0 Å². The number of rotatable bonds is 5. The Kier molecular flexibility index (Phi) is 6.24. The molecule has 3 amide bonds. The lowest BCUT2D eigenvalue weighted by molar-refractivity contribution is -0.137. The third-order valence-electron chi connectivity index (χ3n) is 4.01. The molecule has 25 heavy (non-hydrogen) atoms. The average Bonchev–Trinajstić information content (AvgIpc) is 2.54. The van der Waals surface area contributed by atoms with E-state index in [2.05, 4.69) is 10.6 Å². The molecule has 0 spiro atoms. The number of piperidine rings is 1. The van der Waals surface area contributed by atoms with Crippen LogP contribution in [0.25, 0.3) is 0 Å². The number of nitrogens with zero attached hydrogens (tertiary/aromatic N) is 1. The third-order valence-corrected chi connectivity index (χ3v) is 4.01. The van der Waals surface area contributed by atoms with E-state index >= 15 is 0 Å². The second kappa shape index (κ2) is 8.19. The summed E-state index contributed by atoms with van der Waals surface area (Å²) >= 11 is 0. The van der Waals surface area contributed by atoms with Gasteiger partial charge < -0.3 is 16.4 Å². The molecule has 0 saturated carbocycles. The van der Waals surface area contributed by atoms with Gasteiger partial charge in [-0.2, -0.15) is 13.2 Å². The first-order valence-electron chi connectivity index (χ1n) is 7.95. The quantitative estimate of drug-likeness (QED) is 0.745. The number of amides is 3. The second-order valence-electron chi connectivity index (χ2n) is 6.04. The molecule has 0 bridgehead atoms. The molecule has 0 unspecified atom stereocenters. The second-order valence-corrected chi connectivity index (χ2v) is 6.04. The fourth-order valence-electron chi connectivity index (χ4n) is 2.73. The number of nitrogens with two attached hydrogens (primary N) is 1. The number of carbonyl (C=O) groups excluding carboxylic acids is 2. The zero-order chi connectivity index (χ0) is 18.4. The van der Waals surface area contributed by atoms with Gasteiger partial charge >= 0.3 is 12.2 Å². The lowest BCUT2D eigenvalue weighted by Crippen LogP contribution is -2.49. The lowest BCUT2D eigenvalue weighted by Gasteiger charge is -2.31. The van der Waals surface area contributed by atoms with Crippen molar-refractivity contribution in [3.63, 3.8) is 0 Å². The van der Waals surface area contributed by atoms with Crippen molar-refractivity contribution in [1.82, 2.24) is 15.5 Å².